The Bertz CT molecular complexity index is 1020. The fraction of sp³-hybridized carbons (Fsp3) is 0.545. The van der Waals surface area contributed by atoms with E-state index in [9.17, 15) is 4.79 Å². The molecule has 5 nitrogen and oxygen atoms in total. The van der Waals surface area contributed by atoms with Crippen LogP contribution < -0.4 is 14.8 Å². The number of para-hydroxylation sites is 3. The molecule has 7 heteroatoms. The van der Waals surface area contributed by atoms with Crippen molar-refractivity contribution in [2.75, 3.05) is 24.4 Å². The van der Waals surface area contributed by atoms with Crippen molar-refractivity contribution < 1.29 is 14.3 Å². The number of amides is 1. The number of unbranched alkanes of at least 4 members (excludes halogenated alkanes) is 11. The van der Waals surface area contributed by atoms with Crippen molar-refractivity contribution in [1.82, 2.24) is 4.90 Å². The summed E-state index contributed by atoms with van der Waals surface area (Å²) in [6.45, 7) is 5.76. The second kappa shape index (κ2) is 20.7. The van der Waals surface area contributed by atoms with Crippen molar-refractivity contribution in [3.63, 3.8) is 0 Å². The number of anilines is 1. The van der Waals surface area contributed by atoms with Gasteiger partial charge in [0, 0.05) is 17.9 Å². The van der Waals surface area contributed by atoms with Crippen LogP contribution in [0.25, 0.3) is 0 Å². The lowest BCUT2D eigenvalue weighted by atomic mass is 10.1. The van der Waals surface area contributed by atoms with Gasteiger partial charge in [0.1, 0.15) is 0 Å². The van der Waals surface area contributed by atoms with E-state index >= 15 is 0 Å². The number of hydrogen-bond donors (Lipinski definition) is 1. The van der Waals surface area contributed by atoms with Crippen LogP contribution in [-0.4, -0.2) is 29.9 Å². The smallest absolute Gasteiger partial charge is 0.262 e. The van der Waals surface area contributed by atoms with Gasteiger partial charge in [-0.25, -0.2) is 0 Å². The highest BCUT2D eigenvalue weighted by molar-refractivity contribution is 8.93. The maximum Gasteiger partial charge on any atom is 0.262 e. The number of halogens is 1. The molecule has 1 aliphatic heterocycles. The van der Waals surface area contributed by atoms with Crippen LogP contribution >= 0.6 is 28.7 Å². The Morgan fingerprint density at radius 3 is 2.02 bits per heavy atom. The number of rotatable bonds is 20. The average Bonchev–Trinajstić information content (AvgIpc) is 3.35. The summed E-state index contributed by atoms with van der Waals surface area (Å²) in [5.74, 6) is 2.06. The SMILES string of the molecule is Br.CCCCCCCCCCCCCCOc1ccccc1OCC(=O)Nc1ccccc1CN1CSC=C1C. The molecule has 0 fully saturated rings. The van der Waals surface area contributed by atoms with Gasteiger partial charge >= 0.3 is 0 Å². The van der Waals surface area contributed by atoms with Gasteiger partial charge in [-0.15, -0.1) is 28.7 Å². The van der Waals surface area contributed by atoms with Gasteiger partial charge in [0.05, 0.1) is 12.5 Å². The van der Waals surface area contributed by atoms with E-state index in [2.05, 4.69) is 35.5 Å². The molecule has 0 atom stereocenters. The van der Waals surface area contributed by atoms with Crippen LogP contribution in [0.3, 0.4) is 0 Å². The van der Waals surface area contributed by atoms with Gasteiger partial charge in [-0.1, -0.05) is 108 Å². The van der Waals surface area contributed by atoms with Gasteiger partial charge in [-0.3, -0.25) is 4.79 Å². The molecule has 3 rings (SSSR count). The molecule has 222 valence electrons. The number of benzene rings is 2. The van der Waals surface area contributed by atoms with Crippen molar-refractivity contribution in [3.05, 3.63) is 65.2 Å². The number of nitrogens with zero attached hydrogens (tertiary/aromatic N) is 1. The Labute approximate surface area is 257 Å². The minimum absolute atomic E-state index is 0. The number of carbonyl (C=O) groups excluding carboxylic acids is 1. The monoisotopic (exact) mass is 632 g/mol. The lowest BCUT2D eigenvalue weighted by Crippen LogP contribution is -2.23. The van der Waals surface area contributed by atoms with Crippen molar-refractivity contribution in [2.45, 2.75) is 97.4 Å². The molecule has 0 saturated heterocycles. The summed E-state index contributed by atoms with van der Waals surface area (Å²) >= 11 is 1.80. The molecular formula is C33H49BrN2O3S. The number of ether oxygens (including phenoxy) is 2. The highest BCUT2D eigenvalue weighted by atomic mass is 79.9. The minimum atomic E-state index is -0.179. The minimum Gasteiger partial charge on any atom is -0.490 e. The van der Waals surface area contributed by atoms with Crippen molar-refractivity contribution in [1.29, 1.82) is 0 Å². The summed E-state index contributed by atoms with van der Waals surface area (Å²) in [6, 6.07) is 15.6. The molecule has 0 unspecified atom stereocenters. The molecule has 1 aliphatic rings. The van der Waals surface area contributed by atoms with Crippen molar-refractivity contribution in [3.8, 4) is 11.5 Å². The van der Waals surface area contributed by atoms with E-state index in [1.54, 1.807) is 11.8 Å². The summed E-state index contributed by atoms with van der Waals surface area (Å²) in [5.41, 5.74) is 3.17. The lowest BCUT2D eigenvalue weighted by Gasteiger charge is -2.21. The molecule has 0 saturated carbocycles. The molecule has 0 aliphatic carbocycles. The predicted molar refractivity (Wildman–Crippen MR) is 176 cm³/mol. The fourth-order valence-corrected chi connectivity index (χ4v) is 5.66. The van der Waals surface area contributed by atoms with Gasteiger partial charge in [-0.05, 0) is 42.5 Å². The predicted octanol–water partition coefficient (Wildman–Crippen LogP) is 9.73. The molecule has 0 bridgehead atoms. The second-order valence-corrected chi connectivity index (χ2v) is 11.3. The van der Waals surface area contributed by atoms with E-state index in [4.69, 9.17) is 9.47 Å². The van der Waals surface area contributed by atoms with Gasteiger partial charge < -0.3 is 19.7 Å². The number of nitrogens with one attached hydrogen (secondary N) is 1. The van der Waals surface area contributed by atoms with Gasteiger partial charge in [0.25, 0.3) is 5.91 Å². The van der Waals surface area contributed by atoms with Crippen LogP contribution in [0.15, 0.2) is 59.6 Å². The number of carbonyl (C=O) groups is 1. The highest BCUT2D eigenvalue weighted by Gasteiger charge is 2.15. The first-order valence-electron chi connectivity index (χ1n) is 14.9. The second-order valence-electron chi connectivity index (χ2n) is 10.4. The van der Waals surface area contributed by atoms with Crippen molar-refractivity contribution >= 4 is 40.3 Å². The molecule has 1 amide bonds. The molecule has 2 aromatic rings. The maximum absolute atomic E-state index is 12.7. The standard InChI is InChI=1S/C33H48N2O3S.BrH/c1-3-4-5-6-7-8-9-10-11-12-13-18-23-37-31-21-16-17-22-32(31)38-25-33(36)34-30-20-15-14-19-29(30)24-35-27-39-26-28(35)2;/h14-17,19-22,26H,3-13,18,23-25,27H2,1-2H3,(H,34,36);1H. The Balaban J connectivity index is 0.00000560. The molecule has 0 spiro atoms. The van der Waals surface area contributed by atoms with E-state index in [1.807, 2.05) is 42.5 Å². The van der Waals surface area contributed by atoms with Gasteiger partial charge in [-0.2, -0.15) is 0 Å². The summed E-state index contributed by atoms with van der Waals surface area (Å²) in [4.78, 5) is 15.0. The molecular weight excluding hydrogens is 584 g/mol. The maximum atomic E-state index is 12.7. The van der Waals surface area contributed by atoms with E-state index < -0.39 is 0 Å². The van der Waals surface area contributed by atoms with Crippen LogP contribution in [0.2, 0.25) is 0 Å². The van der Waals surface area contributed by atoms with Crippen LogP contribution in [0, 0.1) is 0 Å². The molecule has 2 aromatic carbocycles. The first-order chi connectivity index (χ1) is 19.2. The van der Waals surface area contributed by atoms with Crippen LogP contribution in [-0.2, 0) is 11.3 Å². The summed E-state index contributed by atoms with van der Waals surface area (Å²) in [6.07, 6.45) is 15.9. The zero-order valence-corrected chi connectivity index (χ0v) is 27.0. The first-order valence-corrected chi connectivity index (χ1v) is 16.0. The van der Waals surface area contributed by atoms with E-state index in [-0.39, 0.29) is 29.5 Å². The van der Waals surface area contributed by atoms with Crippen molar-refractivity contribution in [2.24, 2.45) is 0 Å². The quantitative estimate of drug-likeness (QED) is 0.147. The molecule has 40 heavy (non-hydrogen) atoms. The summed E-state index contributed by atoms with van der Waals surface area (Å²) in [5, 5.41) is 5.20. The van der Waals surface area contributed by atoms with Crippen LogP contribution in [0.1, 0.15) is 96.5 Å². The summed E-state index contributed by atoms with van der Waals surface area (Å²) in [7, 11) is 0. The topological polar surface area (TPSA) is 50.8 Å². The zero-order valence-electron chi connectivity index (χ0n) is 24.5. The third kappa shape index (κ3) is 13.0. The Hall–Kier alpha value is -2.12. The van der Waals surface area contributed by atoms with E-state index in [0.717, 1.165) is 30.1 Å². The average molecular weight is 634 g/mol. The Morgan fingerprint density at radius 1 is 0.825 bits per heavy atom. The normalized spacial score (nSPS) is 12.6. The molecule has 1 N–H and O–H groups in total. The zero-order chi connectivity index (χ0) is 27.5. The van der Waals surface area contributed by atoms with E-state index in [1.165, 1.54) is 76.3 Å². The van der Waals surface area contributed by atoms with Crippen LogP contribution in [0.5, 0.6) is 11.5 Å². The Kier molecular flexibility index (Phi) is 17.6. The fourth-order valence-electron chi connectivity index (χ4n) is 4.72. The molecule has 1 heterocycles. The number of thioether (sulfide) groups is 1. The van der Waals surface area contributed by atoms with Gasteiger partial charge in [0.15, 0.2) is 18.1 Å². The third-order valence-corrected chi connectivity index (χ3v) is 8.07. The molecule has 0 aromatic heterocycles. The number of hydrogen-bond acceptors (Lipinski definition) is 5. The Morgan fingerprint density at radius 2 is 1.40 bits per heavy atom. The highest BCUT2D eigenvalue weighted by Crippen LogP contribution is 2.28. The third-order valence-electron chi connectivity index (χ3n) is 7.10. The largest absolute Gasteiger partial charge is 0.490 e. The number of allylic oxidation sites excluding steroid dienone is 1. The lowest BCUT2D eigenvalue weighted by molar-refractivity contribution is -0.118. The first kappa shape index (κ1) is 34.1. The van der Waals surface area contributed by atoms with Gasteiger partial charge in [0.2, 0.25) is 0 Å². The molecule has 0 radical (unpaired) electrons. The van der Waals surface area contributed by atoms with Crippen LogP contribution in [0.4, 0.5) is 5.69 Å². The summed E-state index contributed by atoms with van der Waals surface area (Å²) < 4.78 is 11.9. The van der Waals surface area contributed by atoms with E-state index in [0.29, 0.717) is 18.1 Å².